The van der Waals surface area contributed by atoms with Gasteiger partial charge in [0.25, 0.3) is 0 Å². The Kier molecular flexibility index (Phi) is 3.22. The van der Waals surface area contributed by atoms with Gasteiger partial charge < -0.3 is 15.2 Å². The zero-order valence-corrected chi connectivity index (χ0v) is 12.7. The van der Waals surface area contributed by atoms with Gasteiger partial charge in [-0.25, -0.2) is 0 Å². The van der Waals surface area contributed by atoms with Gasteiger partial charge in [-0.1, -0.05) is 6.07 Å². The second-order valence-corrected chi connectivity index (χ2v) is 5.66. The minimum atomic E-state index is 0.0857. The lowest BCUT2D eigenvalue weighted by atomic mass is 9.97. The number of aryl methyl sites for hydroxylation is 2. The molecule has 0 aromatic carbocycles. The van der Waals surface area contributed by atoms with Crippen LogP contribution in [0.15, 0.2) is 30.5 Å². The quantitative estimate of drug-likeness (QED) is 0.833. The normalized spacial score (nSPS) is 22.1. The Balaban J connectivity index is 2.05. The number of pyridine rings is 1. The average Bonchev–Trinajstić information content (AvgIpc) is 2.91. The predicted octanol–water partition coefficient (Wildman–Crippen LogP) is 2.63. The predicted molar refractivity (Wildman–Crippen MR) is 83.5 cm³/mol. The summed E-state index contributed by atoms with van der Waals surface area (Å²) in [6.07, 6.45) is 1.82. The van der Waals surface area contributed by atoms with Crippen LogP contribution >= 0.6 is 12.2 Å². The van der Waals surface area contributed by atoms with Crippen LogP contribution in [-0.4, -0.2) is 27.0 Å². The molecule has 5 heteroatoms. The molecule has 1 saturated heterocycles. The van der Waals surface area contributed by atoms with Gasteiger partial charge >= 0.3 is 0 Å². The summed E-state index contributed by atoms with van der Waals surface area (Å²) in [5, 5.41) is 4.15. The van der Waals surface area contributed by atoms with Crippen LogP contribution in [0, 0.1) is 13.8 Å². The third-order valence-corrected chi connectivity index (χ3v) is 4.25. The maximum Gasteiger partial charge on any atom is 0.169 e. The van der Waals surface area contributed by atoms with Crippen molar-refractivity contribution in [2.24, 2.45) is 0 Å². The van der Waals surface area contributed by atoms with Crippen molar-refractivity contribution in [1.82, 2.24) is 20.2 Å². The summed E-state index contributed by atoms with van der Waals surface area (Å²) in [5.41, 5.74) is 4.64. The number of H-pyrrole nitrogens is 1. The molecular formula is C15H18N4S. The fourth-order valence-electron chi connectivity index (χ4n) is 2.90. The molecule has 1 aliphatic rings. The van der Waals surface area contributed by atoms with Crippen molar-refractivity contribution in [2.45, 2.75) is 25.9 Å². The van der Waals surface area contributed by atoms with Gasteiger partial charge in [0, 0.05) is 24.6 Å². The number of nitrogens with zero attached hydrogens (tertiary/aromatic N) is 2. The first-order valence-corrected chi connectivity index (χ1v) is 7.09. The standard InChI is InChI=1S/C15H18N4S/c1-9-8-11(10(2)17-9)14-13(18-15(20)19(14)3)12-6-4-5-7-16-12/h4-8,13-14,17H,1-3H3,(H,18,20). The first-order chi connectivity index (χ1) is 9.58. The van der Waals surface area contributed by atoms with E-state index in [-0.39, 0.29) is 12.1 Å². The lowest BCUT2D eigenvalue weighted by Gasteiger charge is -2.24. The number of hydrogen-bond donors (Lipinski definition) is 2. The molecule has 0 bridgehead atoms. The third-order valence-electron chi connectivity index (χ3n) is 3.85. The van der Waals surface area contributed by atoms with Crippen LogP contribution in [0.1, 0.15) is 34.7 Å². The van der Waals surface area contributed by atoms with Gasteiger partial charge in [0.2, 0.25) is 0 Å². The molecule has 1 fully saturated rings. The van der Waals surface area contributed by atoms with Gasteiger partial charge in [-0.2, -0.15) is 0 Å². The van der Waals surface area contributed by atoms with Gasteiger partial charge in [-0.05, 0) is 49.8 Å². The molecule has 2 aromatic heterocycles. The molecule has 1 aliphatic heterocycles. The van der Waals surface area contributed by atoms with Crippen molar-refractivity contribution < 1.29 is 0 Å². The van der Waals surface area contributed by atoms with Crippen LogP contribution in [0.25, 0.3) is 0 Å². The molecular weight excluding hydrogens is 268 g/mol. The Hall–Kier alpha value is -1.88. The molecule has 0 amide bonds. The Morgan fingerprint density at radius 3 is 2.70 bits per heavy atom. The number of likely N-dealkylation sites (N-methyl/N-ethyl adjacent to an activating group) is 1. The van der Waals surface area contributed by atoms with Gasteiger partial charge in [0.15, 0.2) is 5.11 Å². The van der Waals surface area contributed by atoms with E-state index in [1.165, 1.54) is 17.0 Å². The lowest BCUT2D eigenvalue weighted by Crippen LogP contribution is -2.25. The summed E-state index contributed by atoms with van der Waals surface area (Å²) in [7, 11) is 2.03. The van der Waals surface area contributed by atoms with Crippen LogP contribution in [-0.2, 0) is 0 Å². The minimum Gasteiger partial charge on any atom is -0.362 e. The van der Waals surface area contributed by atoms with Crippen molar-refractivity contribution in [3.05, 3.63) is 53.1 Å². The van der Waals surface area contributed by atoms with E-state index in [1.54, 1.807) is 0 Å². The molecule has 20 heavy (non-hydrogen) atoms. The van der Waals surface area contributed by atoms with E-state index in [0.717, 1.165) is 10.8 Å². The summed E-state index contributed by atoms with van der Waals surface area (Å²) in [4.78, 5) is 9.97. The van der Waals surface area contributed by atoms with Crippen molar-refractivity contribution >= 4 is 17.3 Å². The maximum absolute atomic E-state index is 5.42. The number of rotatable bonds is 2. The molecule has 2 unspecified atom stereocenters. The van der Waals surface area contributed by atoms with Crippen LogP contribution in [0.3, 0.4) is 0 Å². The Bertz CT molecular complexity index is 635. The highest BCUT2D eigenvalue weighted by atomic mass is 32.1. The molecule has 0 radical (unpaired) electrons. The number of hydrogen-bond acceptors (Lipinski definition) is 2. The first-order valence-electron chi connectivity index (χ1n) is 6.68. The molecule has 0 saturated carbocycles. The molecule has 2 atom stereocenters. The van der Waals surface area contributed by atoms with E-state index in [1.807, 2.05) is 31.4 Å². The molecule has 0 spiro atoms. The van der Waals surface area contributed by atoms with Crippen molar-refractivity contribution in [1.29, 1.82) is 0 Å². The third kappa shape index (κ3) is 2.08. The highest BCUT2D eigenvalue weighted by Gasteiger charge is 2.38. The monoisotopic (exact) mass is 286 g/mol. The molecule has 0 aliphatic carbocycles. The fourth-order valence-corrected chi connectivity index (χ4v) is 3.14. The Morgan fingerprint density at radius 2 is 2.10 bits per heavy atom. The minimum absolute atomic E-state index is 0.0857. The molecule has 3 rings (SSSR count). The second kappa shape index (κ2) is 4.90. The molecule has 2 aromatic rings. The molecule has 104 valence electrons. The van der Waals surface area contributed by atoms with E-state index >= 15 is 0 Å². The number of aromatic amines is 1. The van der Waals surface area contributed by atoms with E-state index in [0.29, 0.717) is 0 Å². The lowest BCUT2D eigenvalue weighted by molar-refractivity contribution is 0.367. The van der Waals surface area contributed by atoms with E-state index in [2.05, 4.69) is 40.1 Å². The second-order valence-electron chi connectivity index (χ2n) is 5.27. The smallest absolute Gasteiger partial charge is 0.169 e. The van der Waals surface area contributed by atoms with Crippen molar-refractivity contribution in [3.63, 3.8) is 0 Å². The number of aromatic nitrogens is 2. The maximum atomic E-state index is 5.42. The zero-order chi connectivity index (χ0) is 14.3. The largest absolute Gasteiger partial charge is 0.362 e. The van der Waals surface area contributed by atoms with E-state index < -0.39 is 0 Å². The first kappa shape index (κ1) is 13.1. The SMILES string of the molecule is Cc1cc(C2C(c3ccccn3)NC(=S)N2C)c(C)[nH]1. The summed E-state index contributed by atoms with van der Waals surface area (Å²) >= 11 is 5.42. The molecule has 3 heterocycles. The van der Waals surface area contributed by atoms with Gasteiger partial charge in [0.05, 0.1) is 17.8 Å². The molecule has 2 N–H and O–H groups in total. The topological polar surface area (TPSA) is 44.0 Å². The number of thiocarbonyl (C=S) groups is 1. The van der Waals surface area contributed by atoms with Crippen LogP contribution < -0.4 is 5.32 Å². The van der Waals surface area contributed by atoms with Gasteiger partial charge in [0.1, 0.15) is 0 Å². The zero-order valence-electron chi connectivity index (χ0n) is 11.8. The fraction of sp³-hybridized carbons (Fsp3) is 0.333. The summed E-state index contributed by atoms with van der Waals surface area (Å²) in [6.45, 7) is 4.18. The highest BCUT2D eigenvalue weighted by Crippen LogP contribution is 2.38. The molecule has 4 nitrogen and oxygen atoms in total. The van der Waals surface area contributed by atoms with E-state index in [4.69, 9.17) is 12.2 Å². The van der Waals surface area contributed by atoms with Crippen LogP contribution in [0.5, 0.6) is 0 Å². The Morgan fingerprint density at radius 1 is 1.30 bits per heavy atom. The highest BCUT2D eigenvalue weighted by molar-refractivity contribution is 7.80. The Labute approximate surface area is 124 Å². The van der Waals surface area contributed by atoms with Crippen molar-refractivity contribution in [2.75, 3.05) is 7.05 Å². The number of nitrogens with one attached hydrogen (secondary N) is 2. The van der Waals surface area contributed by atoms with E-state index in [9.17, 15) is 0 Å². The van der Waals surface area contributed by atoms with Crippen molar-refractivity contribution in [3.8, 4) is 0 Å². The van der Waals surface area contributed by atoms with Crippen LogP contribution in [0.4, 0.5) is 0 Å². The van der Waals surface area contributed by atoms with Crippen LogP contribution in [0.2, 0.25) is 0 Å². The summed E-state index contributed by atoms with van der Waals surface area (Å²) in [5.74, 6) is 0. The average molecular weight is 286 g/mol. The summed E-state index contributed by atoms with van der Waals surface area (Å²) < 4.78 is 0. The summed E-state index contributed by atoms with van der Waals surface area (Å²) in [6, 6.07) is 8.44. The van der Waals surface area contributed by atoms with Gasteiger partial charge in [-0.3, -0.25) is 4.98 Å². The van der Waals surface area contributed by atoms with Gasteiger partial charge in [-0.15, -0.1) is 0 Å².